The van der Waals surface area contributed by atoms with Crippen molar-refractivity contribution < 1.29 is 13.2 Å². The van der Waals surface area contributed by atoms with Gasteiger partial charge in [0.1, 0.15) is 0 Å². The fraction of sp³-hybridized carbons (Fsp3) is 0. The molecular weight excluding hydrogens is 314 g/mol. The van der Waals surface area contributed by atoms with Crippen molar-refractivity contribution in [3.63, 3.8) is 0 Å². The van der Waals surface area contributed by atoms with Crippen LogP contribution in [0.15, 0.2) is 53.4 Å². The first-order valence-electron chi connectivity index (χ1n) is 5.81. The van der Waals surface area contributed by atoms with E-state index in [0.29, 0.717) is 16.4 Å². The molecule has 6 nitrogen and oxygen atoms in total. The van der Waals surface area contributed by atoms with E-state index in [1.54, 1.807) is 30.3 Å². The number of nitrogens with one attached hydrogen (secondary N) is 2. The van der Waals surface area contributed by atoms with E-state index in [2.05, 4.69) is 10.6 Å². The molecule has 0 aromatic heterocycles. The van der Waals surface area contributed by atoms with Gasteiger partial charge in [0.25, 0.3) is 0 Å². The average molecular weight is 326 g/mol. The van der Waals surface area contributed by atoms with Gasteiger partial charge in [-0.3, -0.25) is 0 Å². The number of hydrogen-bond acceptors (Lipinski definition) is 3. The number of anilines is 2. The molecule has 0 bridgehead atoms. The zero-order chi connectivity index (χ0) is 15.5. The summed E-state index contributed by atoms with van der Waals surface area (Å²) in [7, 11) is -3.82. The minimum absolute atomic E-state index is 0.0851. The zero-order valence-electron chi connectivity index (χ0n) is 10.7. The van der Waals surface area contributed by atoms with Gasteiger partial charge in [0, 0.05) is 5.69 Å². The number of benzene rings is 2. The first kappa shape index (κ1) is 15.3. The summed E-state index contributed by atoms with van der Waals surface area (Å²) >= 11 is 5.92. The molecule has 0 saturated heterocycles. The molecule has 8 heteroatoms. The summed E-state index contributed by atoms with van der Waals surface area (Å²) in [6, 6.07) is 11.8. The van der Waals surface area contributed by atoms with Gasteiger partial charge in [0.15, 0.2) is 0 Å². The maximum Gasteiger partial charge on any atom is 0.323 e. The first-order chi connectivity index (χ1) is 9.86. The second-order valence-electron chi connectivity index (χ2n) is 4.13. The van der Waals surface area contributed by atoms with Gasteiger partial charge in [-0.25, -0.2) is 18.4 Å². The number of urea groups is 1. The molecule has 110 valence electrons. The highest BCUT2D eigenvalue weighted by atomic mass is 35.5. The van der Waals surface area contributed by atoms with Crippen molar-refractivity contribution >= 4 is 39.0 Å². The Bertz CT molecular complexity index is 778. The Hall–Kier alpha value is -2.09. The third-order valence-corrected chi connectivity index (χ3v) is 3.78. The van der Waals surface area contributed by atoms with E-state index in [1.165, 1.54) is 18.2 Å². The summed E-state index contributed by atoms with van der Waals surface area (Å²) in [5.74, 6) is 0. The summed E-state index contributed by atoms with van der Waals surface area (Å²) < 4.78 is 22.5. The van der Waals surface area contributed by atoms with Crippen LogP contribution in [0, 0.1) is 0 Å². The van der Waals surface area contributed by atoms with E-state index >= 15 is 0 Å². The summed E-state index contributed by atoms with van der Waals surface area (Å²) in [5.41, 5.74) is 0.741. The Morgan fingerprint density at radius 3 is 2.43 bits per heavy atom. The van der Waals surface area contributed by atoms with E-state index < -0.39 is 16.1 Å². The van der Waals surface area contributed by atoms with Crippen LogP contribution >= 0.6 is 11.6 Å². The van der Waals surface area contributed by atoms with Gasteiger partial charge in [-0.05, 0) is 30.3 Å². The number of amides is 2. The summed E-state index contributed by atoms with van der Waals surface area (Å²) in [4.78, 5) is 11.7. The maximum absolute atomic E-state index is 11.8. The Balaban J connectivity index is 2.12. The van der Waals surface area contributed by atoms with Gasteiger partial charge in [-0.1, -0.05) is 29.8 Å². The van der Waals surface area contributed by atoms with Crippen LogP contribution in [0.4, 0.5) is 16.2 Å². The highest BCUT2D eigenvalue weighted by Gasteiger charge is 2.10. The standard InChI is InChI=1S/C13H12ClN3O3S/c14-11-6-1-2-7-12(11)17-13(18)16-9-4-3-5-10(8-9)21(15,19)20/h1-8H,(H2,15,19,20)(H2,16,17,18). The van der Waals surface area contributed by atoms with Crippen LogP contribution in [0.5, 0.6) is 0 Å². The second kappa shape index (κ2) is 6.13. The van der Waals surface area contributed by atoms with Gasteiger partial charge in [0.2, 0.25) is 10.0 Å². The molecular formula is C13H12ClN3O3S. The van der Waals surface area contributed by atoms with Crippen LogP contribution in [0.1, 0.15) is 0 Å². The van der Waals surface area contributed by atoms with Crippen molar-refractivity contribution in [2.45, 2.75) is 4.90 Å². The molecule has 0 saturated carbocycles. The Morgan fingerprint density at radius 2 is 1.76 bits per heavy atom. The van der Waals surface area contributed by atoms with E-state index in [4.69, 9.17) is 16.7 Å². The number of halogens is 1. The lowest BCUT2D eigenvalue weighted by atomic mass is 10.3. The van der Waals surface area contributed by atoms with E-state index in [9.17, 15) is 13.2 Å². The number of carbonyl (C=O) groups excluding carboxylic acids is 1. The third kappa shape index (κ3) is 4.19. The molecule has 0 heterocycles. The van der Waals surface area contributed by atoms with Crippen LogP contribution in [0.2, 0.25) is 5.02 Å². The van der Waals surface area contributed by atoms with Crippen LogP contribution in [-0.2, 0) is 10.0 Å². The molecule has 0 atom stereocenters. The predicted molar refractivity (Wildman–Crippen MR) is 81.9 cm³/mol. The largest absolute Gasteiger partial charge is 0.323 e. The lowest BCUT2D eigenvalue weighted by Crippen LogP contribution is -2.20. The number of hydrogen-bond donors (Lipinski definition) is 3. The number of rotatable bonds is 3. The lowest BCUT2D eigenvalue weighted by molar-refractivity contribution is 0.262. The van der Waals surface area contributed by atoms with E-state index in [-0.39, 0.29) is 4.90 Å². The highest BCUT2D eigenvalue weighted by Crippen LogP contribution is 2.21. The molecule has 21 heavy (non-hydrogen) atoms. The lowest BCUT2D eigenvalue weighted by Gasteiger charge is -2.09. The van der Waals surface area contributed by atoms with Crippen molar-refractivity contribution in [1.29, 1.82) is 0 Å². The highest BCUT2D eigenvalue weighted by molar-refractivity contribution is 7.89. The molecule has 0 unspecified atom stereocenters. The molecule has 0 aliphatic carbocycles. The molecule has 0 fully saturated rings. The van der Waals surface area contributed by atoms with Gasteiger partial charge < -0.3 is 10.6 Å². The molecule has 0 aliphatic rings. The smallest absolute Gasteiger partial charge is 0.308 e. The SMILES string of the molecule is NS(=O)(=O)c1cccc(NC(=O)Nc2ccccc2Cl)c1. The van der Waals surface area contributed by atoms with Gasteiger partial charge in [-0.15, -0.1) is 0 Å². The summed E-state index contributed by atoms with van der Waals surface area (Å²) in [6.45, 7) is 0. The third-order valence-electron chi connectivity index (χ3n) is 2.54. The molecule has 0 aliphatic heterocycles. The monoisotopic (exact) mass is 325 g/mol. The molecule has 4 N–H and O–H groups in total. The fourth-order valence-corrected chi connectivity index (χ4v) is 2.34. The van der Waals surface area contributed by atoms with Gasteiger partial charge in [-0.2, -0.15) is 0 Å². The van der Waals surface area contributed by atoms with Gasteiger partial charge >= 0.3 is 6.03 Å². The van der Waals surface area contributed by atoms with Gasteiger partial charge in [0.05, 0.1) is 15.6 Å². The van der Waals surface area contributed by atoms with Crippen molar-refractivity contribution in [2.24, 2.45) is 5.14 Å². The Labute approximate surface area is 127 Å². The van der Waals surface area contributed by atoms with Crippen molar-refractivity contribution in [3.8, 4) is 0 Å². The predicted octanol–water partition coefficient (Wildman–Crippen LogP) is 2.63. The van der Waals surface area contributed by atoms with Crippen LogP contribution in [0.25, 0.3) is 0 Å². The van der Waals surface area contributed by atoms with Crippen molar-refractivity contribution in [3.05, 3.63) is 53.6 Å². The van der Waals surface area contributed by atoms with Crippen molar-refractivity contribution in [1.82, 2.24) is 0 Å². The number of para-hydroxylation sites is 1. The molecule has 2 aromatic rings. The summed E-state index contributed by atoms with van der Waals surface area (Å²) in [5, 5.41) is 10.5. The van der Waals surface area contributed by atoms with E-state index in [0.717, 1.165) is 0 Å². The molecule has 2 amide bonds. The molecule has 2 aromatic carbocycles. The van der Waals surface area contributed by atoms with Crippen LogP contribution in [0.3, 0.4) is 0 Å². The zero-order valence-corrected chi connectivity index (χ0v) is 12.3. The number of nitrogens with two attached hydrogens (primary N) is 1. The number of sulfonamides is 1. The Morgan fingerprint density at radius 1 is 1.05 bits per heavy atom. The first-order valence-corrected chi connectivity index (χ1v) is 7.74. The number of carbonyl (C=O) groups is 1. The second-order valence-corrected chi connectivity index (χ2v) is 6.10. The quantitative estimate of drug-likeness (QED) is 0.808. The van der Waals surface area contributed by atoms with Crippen molar-refractivity contribution in [2.75, 3.05) is 10.6 Å². The normalized spacial score (nSPS) is 11.0. The van der Waals surface area contributed by atoms with E-state index in [1.807, 2.05) is 0 Å². The topological polar surface area (TPSA) is 101 Å². The van der Waals surface area contributed by atoms with Crippen LogP contribution < -0.4 is 15.8 Å². The fourth-order valence-electron chi connectivity index (χ4n) is 1.60. The molecule has 0 spiro atoms. The van der Waals surface area contributed by atoms with Crippen LogP contribution in [-0.4, -0.2) is 14.4 Å². The minimum Gasteiger partial charge on any atom is -0.308 e. The maximum atomic E-state index is 11.8. The Kier molecular flexibility index (Phi) is 4.46. The molecule has 2 rings (SSSR count). The minimum atomic E-state index is -3.82. The number of primary sulfonamides is 1. The summed E-state index contributed by atoms with van der Waals surface area (Å²) in [6.07, 6.45) is 0. The molecule has 0 radical (unpaired) electrons. The average Bonchev–Trinajstić information content (AvgIpc) is 2.41.